The maximum absolute atomic E-state index is 12.5. The molecule has 0 N–H and O–H groups in total. The average molecular weight is 207 g/mol. The largest absolute Gasteiger partial charge is 0.301 e. The standard InChI is InChI=1S/C9H15F2NS/c10-9(11)5-8(6-9)7-12-1-3-13-4-2-12/h8H,1-7H2. The minimum Gasteiger partial charge on any atom is -0.301 e. The number of rotatable bonds is 2. The molecule has 76 valence electrons. The van der Waals surface area contributed by atoms with Crippen molar-refractivity contribution in [3.63, 3.8) is 0 Å². The summed E-state index contributed by atoms with van der Waals surface area (Å²) >= 11 is 1.96. The fourth-order valence-corrected chi connectivity index (χ4v) is 3.04. The number of alkyl halides is 2. The molecular weight excluding hydrogens is 192 g/mol. The first-order valence-electron chi connectivity index (χ1n) is 4.84. The van der Waals surface area contributed by atoms with Gasteiger partial charge in [0.25, 0.3) is 0 Å². The highest BCUT2D eigenvalue weighted by molar-refractivity contribution is 7.99. The first-order chi connectivity index (χ1) is 6.16. The van der Waals surface area contributed by atoms with Crippen LogP contribution in [0.2, 0.25) is 0 Å². The molecular formula is C9H15F2NS. The molecule has 0 bridgehead atoms. The van der Waals surface area contributed by atoms with Crippen LogP contribution in [0.25, 0.3) is 0 Å². The molecule has 0 aromatic carbocycles. The lowest BCUT2D eigenvalue weighted by atomic mass is 9.81. The summed E-state index contributed by atoms with van der Waals surface area (Å²) in [7, 11) is 0. The molecule has 0 spiro atoms. The minimum atomic E-state index is -2.34. The SMILES string of the molecule is FC1(F)CC(CN2CCSCC2)C1. The molecule has 2 rings (SSSR count). The second-order valence-corrected chi connectivity index (χ2v) is 5.27. The molecule has 1 aliphatic carbocycles. The van der Waals surface area contributed by atoms with Crippen molar-refractivity contribution in [2.24, 2.45) is 5.92 Å². The van der Waals surface area contributed by atoms with Crippen molar-refractivity contribution in [3.05, 3.63) is 0 Å². The first-order valence-corrected chi connectivity index (χ1v) is 5.99. The van der Waals surface area contributed by atoms with E-state index in [1.165, 1.54) is 11.5 Å². The van der Waals surface area contributed by atoms with E-state index in [0.717, 1.165) is 19.6 Å². The maximum Gasteiger partial charge on any atom is 0.248 e. The van der Waals surface area contributed by atoms with Gasteiger partial charge in [0.2, 0.25) is 5.92 Å². The highest BCUT2D eigenvalue weighted by Gasteiger charge is 2.45. The van der Waals surface area contributed by atoms with Gasteiger partial charge in [-0.3, -0.25) is 0 Å². The highest BCUT2D eigenvalue weighted by atomic mass is 32.2. The summed E-state index contributed by atoms with van der Waals surface area (Å²) in [6, 6.07) is 0. The van der Waals surface area contributed by atoms with Gasteiger partial charge in [0, 0.05) is 44.0 Å². The third kappa shape index (κ3) is 2.56. The van der Waals surface area contributed by atoms with Crippen LogP contribution in [-0.4, -0.2) is 42.0 Å². The quantitative estimate of drug-likeness (QED) is 0.682. The summed E-state index contributed by atoms with van der Waals surface area (Å²) < 4.78 is 25.0. The van der Waals surface area contributed by atoms with Crippen molar-refractivity contribution in [2.75, 3.05) is 31.1 Å². The molecule has 0 aromatic rings. The summed E-state index contributed by atoms with van der Waals surface area (Å²) in [5.41, 5.74) is 0. The molecule has 2 fully saturated rings. The lowest BCUT2D eigenvalue weighted by molar-refractivity contribution is -0.115. The van der Waals surface area contributed by atoms with Crippen molar-refractivity contribution in [3.8, 4) is 0 Å². The predicted octanol–water partition coefficient (Wildman–Crippen LogP) is 2.08. The van der Waals surface area contributed by atoms with Gasteiger partial charge in [-0.25, -0.2) is 8.78 Å². The molecule has 2 aliphatic rings. The summed E-state index contributed by atoms with van der Waals surface area (Å²) in [6.07, 6.45) is 0.243. The van der Waals surface area contributed by atoms with Crippen LogP contribution in [-0.2, 0) is 0 Å². The number of hydrogen-bond donors (Lipinski definition) is 0. The Morgan fingerprint density at radius 1 is 1.23 bits per heavy atom. The molecule has 0 aromatic heterocycles. The second kappa shape index (κ2) is 3.73. The summed E-state index contributed by atoms with van der Waals surface area (Å²) in [5, 5.41) is 0. The van der Waals surface area contributed by atoms with Gasteiger partial charge in [-0.1, -0.05) is 0 Å². The van der Waals surface area contributed by atoms with Crippen LogP contribution in [0, 0.1) is 5.92 Å². The summed E-state index contributed by atoms with van der Waals surface area (Å²) in [4.78, 5) is 2.33. The fourth-order valence-electron chi connectivity index (χ4n) is 2.06. The second-order valence-electron chi connectivity index (χ2n) is 4.04. The van der Waals surface area contributed by atoms with E-state index in [9.17, 15) is 8.78 Å². The molecule has 13 heavy (non-hydrogen) atoms. The Labute approximate surface area is 81.9 Å². The number of nitrogens with zero attached hydrogens (tertiary/aromatic N) is 1. The van der Waals surface area contributed by atoms with Gasteiger partial charge >= 0.3 is 0 Å². The Balaban J connectivity index is 1.68. The Morgan fingerprint density at radius 3 is 2.38 bits per heavy atom. The van der Waals surface area contributed by atoms with E-state index in [2.05, 4.69) is 4.90 Å². The Hall–Kier alpha value is 0.170. The smallest absolute Gasteiger partial charge is 0.248 e. The van der Waals surface area contributed by atoms with Crippen LogP contribution >= 0.6 is 11.8 Å². The lowest BCUT2D eigenvalue weighted by Crippen LogP contribution is -2.44. The molecule has 1 saturated heterocycles. The summed E-state index contributed by atoms with van der Waals surface area (Å²) in [6.45, 7) is 3.08. The van der Waals surface area contributed by atoms with Gasteiger partial charge in [-0.15, -0.1) is 0 Å². The zero-order valence-corrected chi connectivity index (χ0v) is 8.45. The molecule has 0 unspecified atom stereocenters. The van der Waals surface area contributed by atoms with Crippen LogP contribution in [0.1, 0.15) is 12.8 Å². The normalized spacial score (nSPS) is 30.0. The Morgan fingerprint density at radius 2 is 1.85 bits per heavy atom. The minimum absolute atomic E-state index is 0.122. The molecule has 1 nitrogen and oxygen atoms in total. The van der Waals surface area contributed by atoms with Crippen LogP contribution < -0.4 is 0 Å². The third-order valence-corrected chi connectivity index (χ3v) is 3.74. The van der Waals surface area contributed by atoms with E-state index in [1.807, 2.05) is 11.8 Å². The predicted molar refractivity (Wildman–Crippen MR) is 51.4 cm³/mol. The van der Waals surface area contributed by atoms with Crippen molar-refractivity contribution in [1.29, 1.82) is 0 Å². The number of thioether (sulfide) groups is 1. The zero-order valence-electron chi connectivity index (χ0n) is 7.64. The number of hydrogen-bond acceptors (Lipinski definition) is 2. The Bertz CT molecular complexity index is 172. The zero-order chi connectivity index (χ0) is 9.31. The molecule has 1 heterocycles. The Kier molecular flexibility index (Phi) is 2.79. The van der Waals surface area contributed by atoms with Crippen molar-refractivity contribution in [2.45, 2.75) is 18.8 Å². The average Bonchev–Trinajstić information content (AvgIpc) is 2.03. The van der Waals surface area contributed by atoms with E-state index in [4.69, 9.17) is 0 Å². The van der Waals surface area contributed by atoms with Gasteiger partial charge < -0.3 is 4.90 Å². The van der Waals surface area contributed by atoms with Gasteiger partial charge in [0.1, 0.15) is 0 Å². The molecule has 0 atom stereocenters. The van der Waals surface area contributed by atoms with E-state index < -0.39 is 5.92 Å². The van der Waals surface area contributed by atoms with Crippen molar-refractivity contribution in [1.82, 2.24) is 4.90 Å². The molecule has 1 saturated carbocycles. The van der Waals surface area contributed by atoms with E-state index in [1.54, 1.807) is 0 Å². The third-order valence-electron chi connectivity index (χ3n) is 2.79. The van der Waals surface area contributed by atoms with E-state index in [-0.39, 0.29) is 18.8 Å². The van der Waals surface area contributed by atoms with Crippen LogP contribution in [0.4, 0.5) is 8.78 Å². The molecule has 4 heteroatoms. The van der Waals surface area contributed by atoms with Crippen molar-refractivity contribution >= 4 is 11.8 Å². The molecule has 0 radical (unpaired) electrons. The van der Waals surface area contributed by atoms with Crippen LogP contribution in [0.3, 0.4) is 0 Å². The number of halogens is 2. The molecule has 0 amide bonds. The van der Waals surface area contributed by atoms with E-state index >= 15 is 0 Å². The first kappa shape index (κ1) is 9.71. The van der Waals surface area contributed by atoms with Crippen molar-refractivity contribution < 1.29 is 8.78 Å². The monoisotopic (exact) mass is 207 g/mol. The van der Waals surface area contributed by atoms with Gasteiger partial charge in [0.15, 0.2) is 0 Å². The van der Waals surface area contributed by atoms with Gasteiger partial charge in [0.05, 0.1) is 0 Å². The van der Waals surface area contributed by atoms with Gasteiger partial charge in [-0.05, 0) is 5.92 Å². The molecule has 1 aliphatic heterocycles. The maximum atomic E-state index is 12.5. The van der Waals surface area contributed by atoms with Crippen LogP contribution in [0.5, 0.6) is 0 Å². The van der Waals surface area contributed by atoms with E-state index in [0.29, 0.717) is 0 Å². The van der Waals surface area contributed by atoms with Crippen LogP contribution in [0.15, 0.2) is 0 Å². The van der Waals surface area contributed by atoms with Gasteiger partial charge in [-0.2, -0.15) is 11.8 Å². The summed E-state index contributed by atoms with van der Waals surface area (Å²) in [5.74, 6) is 0.264. The lowest BCUT2D eigenvalue weighted by Gasteiger charge is -2.39. The highest BCUT2D eigenvalue weighted by Crippen LogP contribution is 2.42. The fraction of sp³-hybridized carbons (Fsp3) is 1.00. The topological polar surface area (TPSA) is 3.24 Å².